The van der Waals surface area contributed by atoms with Crippen LogP contribution in [0.5, 0.6) is 0 Å². The third-order valence-electron chi connectivity index (χ3n) is 6.41. The maximum Gasteiger partial charge on any atom is 0.226 e. The summed E-state index contributed by atoms with van der Waals surface area (Å²) >= 11 is 0. The van der Waals surface area contributed by atoms with Gasteiger partial charge in [0.15, 0.2) is 0 Å². The molecule has 0 bridgehead atoms. The van der Waals surface area contributed by atoms with E-state index in [1.165, 1.54) is 0 Å². The van der Waals surface area contributed by atoms with Crippen LogP contribution in [0.25, 0.3) is 5.43 Å². The number of fused-ring (bicyclic) bond motifs is 1. The summed E-state index contributed by atoms with van der Waals surface area (Å²) < 4.78 is 13.6. The van der Waals surface area contributed by atoms with Gasteiger partial charge in [0.1, 0.15) is 6.17 Å². The minimum atomic E-state index is -0.988. The third kappa shape index (κ3) is 3.98. The minimum absolute atomic E-state index is 0.0445. The van der Waals surface area contributed by atoms with Crippen molar-refractivity contribution in [2.45, 2.75) is 43.9 Å². The van der Waals surface area contributed by atoms with Gasteiger partial charge in [0.05, 0.1) is 12.1 Å². The van der Waals surface area contributed by atoms with E-state index >= 15 is 0 Å². The van der Waals surface area contributed by atoms with Gasteiger partial charge in [-0.15, -0.1) is 0 Å². The maximum absolute atomic E-state index is 13.6. The lowest BCUT2D eigenvalue weighted by atomic mass is 9.79. The number of rotatable bonds is 3. The monoisotopic (exact) mass is 383 g/mol. The fraction of sp³-hybridized carbons (Fsp3) is 0.941. The van der Waals surface area contributed by atoms with Gasteiger partial charge in [-0.1, -0.05) is 13.1 Å². The van der Waals surface area contributed by atoms with Crippen LogP contribution in [0.4, 0.5) is 4.39 Å². The average Bonchev–Trinajstić information content (AvgIpc) is 2.97. The smallest absolute Gasteiger partial charge is 0.226 e. The molecule has 27 heavy (non-hydrogen) atoms. The van der Waals surface area contributed by atoms with Crippen LogP contribution in [0.3, 0.4) is 0 Å². The van der Waals surface area contributed by atoms with Crippen LogP contribution in [0.2, 0.25) is 0 Å². The minimum Gasteiger partial charge on any atom is -0.578 e. The van der Waals surface area contributed by atoms with Crippen molar-refractivity contribution in [2.75, 3.05) is 39.4 Å². The number of halogens is 1. The highest BCUT2D eigenvalue weighted by Gasteiger charge is 2.42. The van der Waals surface area contributed by atoms with Gasteiger partial charge in [-0.05, 0) is 24.8 Å². The van der Waals surface area contributed by atoms with E-state index in [9.17, 15) is 9.18 Å². The van der Waals surface area contributed by atoms with E-state index in [0.29, 0.717) is 17.9 Å². The van der Waals surface area contributed by atoms with Crippen molar-refractivity contribution >= 4 is 5.91 Å². The summed E-state index contributed by atoms with van der Waals surface area (Å²) in [5.41, 5.74) is 10.4. The number of nitrogens with zero attached hydrogens (tertiary/aromatic N) is 2. The standard InChI is InChI=1S/C17H32FN8O/c1-9-4-21-8-23-14(9)11-2-3-20-6-12(11)24-17(27)13-15(19)25-26-7-10(18)5-22-16(13)26/h9-16,20-23H,2-8,19H2,1H3,(H,24,27)/q-1. The Kier molecular flexibility index (Phi) is 5.93. The van der Waals surface area contributed by atoms with Crippen LogP contribution >= 0.6 is 0 Å². The lowest BCUT2D eigenvalue weighted by Crippen LogP contribution is -2.64. The molecule has 4 aliphatic heterocycles. The van der Waals surface area contributed by atoms with E-state index in [4.69, 9.17) is 5.73 Å². The highest BCUT2D eigenvalue weighted by Crippen LogP contribution is 2.31. The van der Waals surface area contributed by atoms with Crippen molar-refractivity contribution in [3.05, 3.63) is 5.43 Å². The number of hydrogen-bond acceptors (Lipinski definition) is 7. The number of nitrogens with two attached hydrogens (primary N) is 1. The Morgan fingerprint density at radius 3 is 2.93 bits per heavy atom. The van der Waals surface area contributed by atoms with Gasteiger partial charge in [0.2, 0.25) is 5.91 Å². The fourth-order valence-corrected chi connectivity index (χ4v) is 5.03. The van der Waals surface area contributed by atoms with Crippen molar-refractivity contribution in [3.63, 3.8) is 0 Å². The zero-order valence-corrected chi connectivity index (χ0v) is 15.8. The zero-order valence-electron chi connectivity index (χ0n) is 15.8. The summed E-state index contributed by atoms with van der Waals surface area (Å²) in [6.07, 6.45) is -0.930. The van der Waals surface area contributed by atoms with Crippen molar-refractivity contribution in [1.82, 2.24) is 31.6 Å². The molecule has 0 aromatic carbocycles. The molecule has 10 heteroatoms. The first-order valence-corrected chi connectivity index (χ1v) is 10.1. The summed E-state index contributed by atoms with van der Waals surface area (Å²) in [4.78, 5) is 13.1. The quantitative estimate of drug-likeness (QED) is 0.334. The van der Waals surface area contributed by atoms with E-state index in [0.717, 1.165) is 32.7 Å². The maximum atomic E-state index is 13.6. The lowest BCUT2D eigenvalue weighted by Gasteiger charge is -2.44. The van der Waals surface area contributed by atoms with Gasteiger partial charge in [-0.25, -0.2) is 4.39 Å². The number of alkyl halides is 1. The molecule has 0 aliphatic carbocycles. The lowest BCUT2D eigenvalue weighted by molar-refractivity contribution is -0.128. The van der Waals surface area contributed by atoms with Crippen molar-refractivity contribution in [3.8, 4) is 0 Å². The summed E-state index contributed by atoms with van der Waals surface area (Å²) in [5.74, 6) is 0.275. The normalized spacial score (nSPS) is 46.0. The third-order valence-corrected chi connectivity index (χ3v) is 6.41. The second-order valence-electron chi connectivity index (χ2n) is 8.31. The summed E-state index contributed by atoms with van der Waals surface area (Å²) in [7, 11) is 0. The Hall–Kier alpha value is -0.880. The molecular weight excluding hydrogens is 351 g/mol. The van der Waals surface area contributed by atoms with Crippen LogP contribution in [0.1, 0.15) is 13.3 Å². The molecule has 8 atom stereocenters. The molecule has 4 heterocycles. The summed E-state index contributed by atoms with van der Waals surface area (Å²) in [6, 6.07) is 0.417. The van der Waals surface area contributed by atoms with Crippen LogP contribution in [0, 0.1) is 17.8 Å². The zero-order chi connectivity index (χ0) is 19.0. The molecule has 0 spiro atoms. The van der Waals surface area contributed by atoms with Crippen LogP contribution in [-0.4, -0.2) is 80.9 Å². The van der Waals surface area contributed by atoms with Crippen molar-refractivity contribution < 1.29 is 9.18 Å². The van der Waals surface area contributed by atoms with Gasteiger partial charge < -0.3 is 37.4 Å². The molecule has 0 aromatic rings. The highest BCUT2D eigenvalue weighted by atomic mass is 19.1. The van der Waals surface area contributed by atoms with E-state index in [1.807, 2.05) is 0 Å². The molecule has 7 N–H and O–H groups in total. The second-order valence-corrected chi connectivity index (χ2v) is 8.31. The molecule has 1 amide bonds. The Balaban J connectivity index is 1.42. The first-order chi connectivity index (χ1) is 13.0. The Morgan fingerprint density at radius 2 is 2.11 bits per heavy atom. The number of carbonyl (C=O) groups is 1. The number of carbonyl (C=O) groups excluding carboxylic acids is 1. The first kappa shape index (κ1) is 19.4. The topological polar surface area (TPSA) is 121 Å². The molecule has 154 valence electrons. The largest absolute Gasteiger partial charge is 0.578 e. The number of nitrogens with one attached hydrogen (secondary N) is 5. The average molecular weight is 383 g/mol. The molecule has 4 saturated heterocycles. The van der Waals surface area contributed by atoms with Gasteiger partial charge >= 0.3 is 0 Å². The molecule has 4 rings (SSSR count). The Bertz CT molecular complexity index is 539. The predicted octanol–water partition coefficient (Wildman–Crippen LogP) is -1.99. The van der Waals surface area contributed by atoms with Crippen LogP contribution < -0.4 is 32.3 Å². The molecule has 0 radical (unpaired) electrons. The Labute approximate surface area is 159 Å². The molecule has 0 saturated carbocycles. The molecule has 0 aromatic heterocycles. The van der Waals surface area contributed by atoms with E-state index < -0.39 is 18.3 Å². The van der Waals surface area contributed by atoms with Crippen LogP contribution in [0.15, 0.2) is 0 Å². The highest BCUT2D eigenvalue weighted by molar-refractivity contribution is 5.81. The van der Waals surface area contributed by atoms with Gasteiger partial charge in [0, 0.05) is 44.9 Å². The first-order valence-electron chi connectivity index (χ1n) is 10.1. The summed E-state index contributed by atoms with van der Waals surface area (Å²) in [6.45, 7) is 6.17. The van der Waals surface area contributed by atoms with Gasteiger partial charge in [-0.2, -0.15) is 0 Å². The summed E-state index contributed by atoms with van der Waals surface area (Å²) in [5, 5.41) is 18.3. The molecule has 4 fully saturated rings. The van der Waals surface area contributed by atoms with Gasteiger partial charge in [-0.3, -0.25) is 10.1 Å². The molecule has 8 unspecified atom stereocenters. The molecular formula is C17H32FN8O-. The van der Waals surface area contributed by atoms with Gasteiger partial charge in [0.25, 0.3) is 0 Å². The van der Waals surface area contributed by atoms with E-state index in [-0.39, 0.29) is 31.2 Å². The SMILES string of the molecule is CC1CNCNC1C1CCNCC1NC(=O)C1C(N)[N-]N2CC(F)CNC12. The predicted molar refractivity (Wildman–Crippen MR) is 100 cm³/mol. The number of amides is 1. The Morgan fingerprint density at radius 1 is 1.26 bits per heavy atom. The van der Waals surface area contributed by atoms with Crippen LogP contribution in [-0.2, 0) is 4.79 Å². The molecule has 4 aliphatic rings. The van der Waals surface area contributed by atoms with Crippen molar-refractivity contribution in [2.24, 2.45) is 23.5 Å². The second kappa shape index (κ2) is 8.24. The van der Waals surface area contributed by atoms with E-state index in [2.05, 4.69) is 38.9 Å². The number of piperidine rings is 1. The van der Waals surface area contributed by atoms with Crippen molar-refractivity contribution in [1.29, 1.82) is 0 Å². The molecule has 9 nitrogen and oxygen atoms in total. The number of hydrogen-bond donors (Lipinski definition) is 6. The van der Waals surface area contributed by atoms with E-state index in [1.54, 1.807) is 5.01 Å². The fourth-order valence-electron chi connectivity index (χ4n) is 5.03.